The van der Waals surface area contributed by atoms with Gasteiger partial charge in [-0.15, -0.1) is 0 Å². The molecule has 12 nitrogen and oxygen atoms in total. The summed E-state index contributed by atoms with van der Waals surface area (Å²) < 4.78 is 31.7. The van der Waals surface area contributed by atoms with Crippen molar-refractivity contribution in [3.8, 4) is 11.3 Å². The normalized spacial score (nSPS) is 13.7. The summed E-state index contributed by atoms with van der Waals surface area (Å²) in [6.07, 6.45) is 1.49. The van der Waals surface area contributed by atoms with Crippen LogP contribution >= 0.6 is 19.2 Å². The number of aryl methyl sites for hydroxylation is 1. The summed E-state index contributed by atoms with van der Waals surface area (Å²) in [5.74, 6) is 0.566. The van der Waals surface area contributed by atoms with Crippen molar-refractivity contribution in [2.75, 3.05) is 54.6 Å². The van der Waals surface area contributed by atoms with Crippen molar-refractivity contribution < 1.29 is 22.8 Å². The molecule has 0 unspecified atom stereocenters. The van der Waals surface area contributed by atoms with Crippen LogP contribution in [0.1, 0.15) is 38.0 Å². The number of halogens is 1. The van der Waals surface area contributed by atoms with Gasteiger partial charge < -0.3 is 33.7 Å². The number of aromatic amines is 1. The first-order valence-electron chi connectivity index (χ1n) is 16.5. The highest BCUT2D eigenvalue weighted by molar-refractivity contribution is 7.53. The zero-order valence-corrected chi connectivity index (χ0v) is 29.2. The smallest absolute Gasteiger partial charge is 0.345 e. The number of fused-ring (bicyclic) bond motifs is 1. The highest BCUT2D eigenvalue weighted by Crippen LogP contribution is 2.51. The Morgan fingerprint density at radius 3 is 2.37 bits per heavy atom. The predicted molar refractivity (Wildman–Crippen MR) is 192 cm³/mol. The summed E-state index contributed by atoms with van der Waals surface area (Å²) in [5, 5.41) is 5.60. The lowest BCUT2D eigenvalue weighted by molar-refractivity contribution is -0.116. The van der Waals surface area contributed by atoms with E-state index in [0.29, 0.717) is 80.4 Å². The lowest BCUT2D eigenvalue weighted by atomic mass is 10.1. The summed E-state index contributed by atoms with van der Waals surface area (Å²) >= 11 is 6.17. The minimum atomic E-state index is -3.21. The number of H-pyrrole nitrogens is 1. The largest absolute Gasteiger partial charge is 0.428 e. The predicted octanol–water partition coefficient (Wildman–Crippen LogP) is 6.82. The summed E-state index contributed by atoms with van der Waals surface area (Å²) in [6, 6.07) is 22.8. The molecule has 258 valence electrons. The first-order valence-corrected chi connectivity index (χ1v) is 18.6. The van der Waals surface area contributed by atoms with Gasteiger partial charge in [0.05, 0.1) is 43.5 Å². The molecular weight excluding hydrogens is 667 g/mol. The van der Waals surface area contributed by atoms with Crippen LogP contribution < -0.4 is 20.9 Å². The molecule has 5 aromatic rings. The number of imidazole rings is 1. The lowest BCUT2D eigenvalue weighted by Crippen LogP contribution is -2.53. The molecule has 1 amide bonds. The van der Waals surface area contributed by atoms with Gasteiger partial charge in [0.25, 0.3) is 6.01 Å². The number of aromatic nitrogens is 3. The molecule has 1 aliphatic rings. The van der Waals surface area contributed by atoms with Gasteiger partial charge in [0.15, 0.2) is 0 Å². The molecule has 0 bridgehead atoms. The van der Waals surface area contributed by atoms with Gasteiger partial charge in [-0.3, -0.25) is 9.36 Å². The van der Waals surface area contributed by atoms with E-state index in [9.17, 15) is 14.2 Å². The van der Waals surface area contributed by atoms with E-state index in [4.69, 9.17) is 30.0 Å². The Morgan fingerprint density at radius 2 is 1.67 bits per heavy atom. The van der Waals surface area contributed by atoms with E-state index < -0.39 is 7.60 Å². The fraction of sp³-hybridized carbons (Fsp3) is 0.343. The quantitative estimate of drug-likeness (QED) is 0.119. The van der Waals surface area contributed by atoms with E-state index in [1.807, 2.05) is 65.7 Å². The number of amides is 1. The molecule has 3 heterocycles. The molecule has 0 atom stereocenters. The Kier molecular flexibility index (Phi) is 10.9. The van der Waals surface area contributed by atoms with Crippen molar-refractivity contribution in [1.29, 1.82) is 0 Å². The first kappa shape index (κ1) is 34.5. The fourth-order valence-electron chi connectivity index (χ4n) is 5.96. The van der Waals surface area contributed by atoms with Crippen molar-refractivity contribution in [2.45, 2.75) is 39.3 Å². The van der Waals surface area contributed by atoms with Crippen molar-refractivity contribution in [2.24, 2.45) is 0 Å². The van der Waals surface area contributed by atoms with Gasteiger partial charge in [0.1, 0.15) is 11.5 Å². The second-order valence-corrected chi connectivity index (χ2v) is 14.2. The van der Waals surface area contributed by atoms with E-state index >= 15 is 0 Å². The third-order valence-electron chi connectivity index (χ3n) is 8.25. The zero-order valence-electron chi connectivity index (χ0n) is 27.6. The SMILES string of the molecule is CCOP(=O)(Cc1ccc(NC(=O)CCCc2oc(N3CCN(n4c(=O)[nH]c5ccccc54)CC3)nc2-c2ccc(Cl)cc2)cc1)OCC. The number of piperazine rings is 1. The molecule has 14 heteroatoms. The number of oxazole rings is 1. The number of rotatable bonds is 14. The molecule has 0 radical (unpaired) electrons. The molecule has 1 aliphatic heterocycles. The van der Waals surface area contributed by atoms with E-state index in [-0.39, 0.29) is 24.2 Å². The monoisotopic (exact) mass is 706 g/mol. The Balaban J connectivity index is 1.08. The van der Waals surface area contributed by atoms with Crippen molar-refractivity contribution in [1.82, 2.24) is 14.6 Å². The first-order chi connectivity index (χ1) is 23.7. The molecular formula is C35H40ClN6O6P. The Morgan fingerprint density at radius 1 is 0.980 bits per heavy atom. The molecule has 1 saturated heterocycles. The number of para-hydroxylation sites is 2. The third kappa shape index (κ3) is 8.28. The van der Waals surface area contributed by atoms with Crippen LogP contribution in [0.15, 0.2) is 82.0 Å². The van der Waals surface area contributed by atoms with Gasteiger partial charge in [0.2, 0.25) is 5.91 Å². The van der Waals surface area contributed by atoms with Gasteiger partial charge in [-0.1, -0.05) is 48.0 Å². The van der Waals surface area contributed by atoms with Crippen molar-refractivity contribution >= 4 is 47.8 Å². The molecule has 3 aromatic carbocycles. The number of hydrogen-bond donors (Lipinski definition) is 2. The molecule has 0 spiro atoms. The molecule has 49 heavy (non-hydrogen) atoms. The summed E-state index contributed by atoms with van der Waals surface area (Å²) in [4.78, 5) is 35.5. The number of benzene rings is 3. The summed E-state index contributed by atoms with van der Waals surface area (Å²) in [6.45, 7) is 6.60. The summed E-state index contributed by atoms with van der Waals surface area (Å²) in [7, 11) is -3.21. The lowest BCUT2D eigenvalue weighted by Gasteiger charge is -2.35. The van der Waals surface area contributed by atoms with E-state index in [1.54, 1.807) is 30.7 Å². The number of hydrogen-bond acceptors (Lipinski definition) is 9. The van der Waals surface area contributed by atoms with Crippen LogP contribution in [0, 0.1) is 0 Å². The molecule has 1 fully saturated rings. The molecule has 2 N–H and O–H groups in total. The number of carbonyl (C=O) groups is 1. The van der Waals surface area contributed by atoms with Gasteiger partial charge in [-0.25, -0.2) is 9.47 Å². The highest BCUT2D eigenvalue weighted by atomic mass is 35.5. The minimum absolute atomic E-state index is 0.126. The average molecular weight is 707 g/mol. The number of nitrogens with zero attached hydrogens (tertiary/aromatic N) is 4. The maximum Gasteiger partial charge on any atom is 0.345 e. The fourth-order valence-corrected chi connectivity index (χ4v) is 7.79. The van der Waals surface area contributed by atoms with Crippen molar-refractivity contribution in [3.05, 3.63) is 99.6 Å². The summed E-state index contributed by atoms with van der Waals surface area (Å²) in [5.41, 5.74) is 4.52. The average Bonchev–Trinajstić information content (AvgIpc) is 3.66. The second-order valence-electron chi connectivity index (χ2n) is 11.7. The van der Waals surface area contributed by atoms with E-state index in [1.165, 1.54) is 0 Å². The minimum Gasteiger partial charge on any atom is -0.428 e. The van der Waals surface area contributed by atoms with Crippen LogP contribution in [0.25, 0.3) is 22.3 Å². The van der Waals surface area contributed by atoms with E-state index in [0.717, 1.165) is 22.2 Å². The maximum absolute atomic E-state index is 12.9. The van der Waals surface area contributed by atoms with Crippen LogP contribution in [0.2, 0.25) is 5.02 Å². The van der Waals surface area contributed by atoms with E-state index in [2.05, 4.69) is 15.2 Å². The Bertz CT molecular complexity index is 1970. The van der Waals surface area contributed by atoms with Crippen LogP contribution in [0.3, 0.4) is 0 Å². The van der Waals surface area contributed by atoms with Crippen LogP contribution in [-0.4, -0.2) is 59.9 Å². The Hall–Kier alpha value is -4.35. The molecule has 0 aliphatic carbocycles. The molecule has 2 aromatic heterocycles. The zero-order chi connectivity index (χ0) is 34.4. The number of nitrogens with one attached hydrogen (secondary N) is 2. The van der Waals surface area contributed by atoms with Gasteiger partial charge in [0, 0.05) is 42.2 Å². The third-order valence-corrected chi connectivity index (χ3v) is 10.6. The Labute approximate surface area is 289 Å². The van der Waals surface area contributed by atoms with Crippen LogP contribution in [0.5, 0.6) is 0 Å². The van der Waals surface area contributed by atoms with Crippen molar-refractivity contribution in [3.63, 3.8) is 0 Å². The highest BCUT2D eigenvalue weighted by Gasteiger charge is 2.26. The molecule has 6 rings (SSSR count). The molecule has 0 saturated carbocycles. The van der Waals surface area contributed by atoms with Crippen LogP contribution in [0.4, 0.5) is 11.7 Å². The number of carbonyl (C=O) groups excluding carboxylic acids is 1. The van der Waals surface area contributed by atoms with Gasteiger partial charge >= 0.3 is 13.3 Å². The second kappa shape index (κ2) is 15.5. The topological polar surface area (TPSA) is 135 Å². The van der Waals surface area contributed by atoms with Crippen LogP contribution in [-0.2, 0) is 31.0 Å². The number of anilines is 2. The van der Waals surface area contributed by atoms with Gasteiger partial charge in [-0.05, 0) is 62.2 Å². The standard InChI is InChI=1S/C35H40ClN6O6P/c1-3-46-49(45,47-4-2)24-25-12-18-28(19-13-25)37-32(43)11-7-10-31-33(26-14-16-27(36)17-15-26)39-35(48-31)40-20-22-41(23-21-40)42-30-9-6-5-8-29(30)38-34(42)44/h5-6,8-9,12-19H,3-4,7,10-11,20-24H2,1-2H3,(H,37,43)(H,38,44). The van der Waals surface area contributed by atoms with Gasteiger partial charge in [-0.2, -0.15) is 4.98 Å². The maximum atomic E-state index is 12.9.